The summed E-state index contributed by atoms with van der Waals surface area (Å²) in [4.78, 5) is 5.55. The minimum atomic E-state index is -0.937. The molecule has 1 aromatic heterocycles. The van der Waals surface area contributed by atoms with Crippen LogP contribution in [0.25, 0.3) is 0 Å². The lowest BCUT2D eigenvalue weighted by Gasteiger charge is -2.23. The molecule has 25 heavy (non-hydrogen) atoms. The van der Waals surface area contributed by atoms with E-state index in [9.17, 15) is 5.11 Å². The van der Waals surface area contributed by atoms with Crippen LogP contribution in [0.2, 0.25) is 0 Å². The number of ether oxygens (including phenoxy) is 1. The summed E-state index contributed by atoms with van der Waals surface area (Å²) in [6.45, 7) is 8.06. The largest absolute Gasteiger partial charge is 0.494 e. The third kappa shape index (κ3) is 5.76. The first-order valence-electron chi connectivity index (χ1n) is 8.56. The van der Waals surface area contributed by atoms with Crippen molar-refractivity contribution in [2.75, 3.05) is 19.7 Å². The van der Waals surface area contributed by atoms with Crippen molar-refractivity contribution in [2.45, 2.75) is 32.9 Å². The van der Waals surface area contributed by atoms with Gasteiger partial charge in [-0.3, -0.25) is 0 Å². The van der Waals surface area contributed by atoms with Crippen molar-refractivity contribution in [1.29, 1.82) is 0 Å². The van der Waals surface area contributed by atoms with E-state index in [4.69, 9.17) is 4.74 Å². The highest BCUT2D eigenvalue weighted by molar-refractivity contribution is 7.10. The second kappa shape index (κ2) is 9.44. The number of aliphatic imine (C=N–C) groups is 1. The highest BCUT2D eigenvalue weighted by Crippen LogP contribution is 2.24. The number of thiophene rings is 1. The van der Waals surface area contributed by atoms with Crippen molar-refractivity contribution in [3.8, 4) is 5.75 Å². The van der Waals surface area contributed by atoms with Crippen LogP contribution in [-0.2, 0) is 12.1 Å². The summed E-state index contributed by atoms with van der Waals surface area (Å²) >= 11 is 1.55. The van der Waals surface area contributed by atoms with Gasteiger partial charge < -0.3 is 20.5 Å². The average molecular weight is 362 g/mol. The lowest BCUT2D eigenvalue weighted by Crippen LogP contribution is -2.44. The lowest BCUT2D eigenvalue weighted by atomic mass is 10.1. The molecule has 2 aromatic rings. The molecule has 1 heterocycles. The van der Waals surface area contributed by atoms with Gasteiger partial charge in [0, 0.05) is 17.0 Å². The molecule has 0 saturated carbocycles. The molecule has 136 valence electrons. The Morgan fingerprint density at radius 2 is 2.00 bits per heavy atom. The predicted octanol–water partition coefficient (Wildman–Crippen LogP) is 3.11. The highest BCUT2D eigenvalue weighted by atomic mass is 32.1. The van der Waals surface area contributed by atoms with Crippen LogP contribution in [0.4, 0.5) is 0 Å². The third-order valence-corrected chi connectivity index (χ3v) is 4.80. The summed E-state index contributed by atoms with van der Waals surface area (Å²) in [6.07, 6.45) is 0. The van der Waals surface area contributed by atoms with Crippen LogP contribution in [0.1, 0.15) is 31.2 Å². The summed E-state index contributed by atoms with van der Waals surface area (Å²) in [5.41, 5.74) is 0.0969. The van der Waals surface area contributed by atoms with Crippen molar-refractivity contribution < 1.29 is 9.84 Å². The number of guanidine groups is 1. The van der Waals surface area contributed by atoms with E-state index in [2.05, 4.69) is 15.6 Å². The van der Waals surface area contributed by atoms with E-state index in [0.29, 0.717) is 25.7 Å². The molecule has 0 saturated heterocycles. The fourth-order valence-electron chi connectivity index (χ4n) is 2.36. The lowest BCUT2D eigenvalue weighted by molar-refractivity contribution is 0.0655. The summed E-state index contributed by atoms with van der Waals surface area (Å²) in [5.74, 6) is 1.53. The molecule has 0 fully saturated rings. The Bertz CT molecular complexity index is 669. The minimum Gasteiger partial charge on any atom is -0.494 e. The van der Waals surface area contributed by atoms with Gasteiger partial charge in [-0.1, -0.05) is 24.3 Å². The average Bonchev–Trinajstić information content (AvgIpc) is 3.14. The highest BCUT2D eigenvalue weighted by Gasteiger charge is 2.24. The van der Waals surface area contributed by atoms with E-state index in [0.717, 1.165) is 22.7 Å². The smallest absolute Gasteiger partial charge is 0.191 e. The fourth-order valence-corrected chi connectivity index (χ4v) is 3.15. The SMILES string of the molecule is CCNC(=NCc1ccccc1OCC)NCC(C)(O)c1cccs1. The molecular weight excluding hydrogens is 334 g/mol. The van der Waals surface area contributed by atoms with E-state index in [-0.39, 0.29) is 0 Å². The van der Waals surface area contributed by atoms with Gasteiger partial charge in [0.05, 0.1) is 19.7 Å². The van der Waals surface area contributed by atoms with Gasteiger partial charge in [-0.2, -0.15) is 0 Å². The van der Waals surface area contributed by atoms with Crippen LogP contribution < -0.4 is 15.4 Å². The van der Waals surface area contributed by atoms with Gasteiger partial charge in [0.15, 0.2) is 5.96 Å². The van der Waals surface area contributed by atoms with Gasteiger partial charge >= 0.3 is 0 Å². The van der Waals surface area contributed by atoms with Gasteiger partial charge in [0.1, 0.15) is 11.4 Å². The zero-order valence-electron chi connectivity index (χ0n) is 15.1. The first kappa shape index (κ1) is 19.3. The second-order valence-corrected chi connectivity index (χ2v) is 6.79. The molecule has 0 aliphatic carbocycles. The molecule has 1 atom stereocenters. The fraction of sp³-hybridized carbons (Fsp3) is 0.421. The zero-order valence-corrected chi connectivity index (χ0v) is 15.9. The Kier molecular flexibility index (Phi) is 7.28. The number of para-hydroxylation sites is 1. The number of benzene rings is 1. The number of rotatable bonds is 8. The molecule has 2 rings (SSSR count). The van der Waals surface area contributed by atoms with Crippen LogP contribution in [0.3, 0.4) is 0 Å². The van der Waals surface area contributed by atoms with Gasteiger partial charge in [0.25, 0.3) is 0 Å². The maximum atomic E-state index is 10.6. The second-order valence-electron chi connectivity index (χ2n) is 5.84. The standard InChI is InChI=1S/C19H27N3O2S/c1-4-20-18(22-14-19(3,23)17-11-8-12-25-17)21-13-15-9-6-7-10-16(15)24-5-2/h6-12,23H,4-5,13-14H2,1-3H3,(H2,20,21,22). The Hall–Kier alpha value is -2.05. The molecule has 0 radical (unpaired) electrons. The number of aliphatic hydroxyl groups is 1. The first-order valence-corrected chi connectivity index (χ1v) is 9.44. The molecule has 0 spiro atoms. The van der Waals surface area contributed by atoms with Crippen LogP contribution in [0.5, 0.6) is 5.75 Å². The van der Waals surface area contributed by atoms with Crippen molar-refractivity contribution >= 4 is 17.3 Å². The Balaban J connectivity index is 2.03. The van der Waals surface area contributed by atoms with E-state index in [1.54, 1.807) is 18.3 Å². The van der Waals surface area contributed by atoms with Crippen LogP contribution in [-0.4, -0.2) is 30.8 Å². The zero-order chi connectivity index (χ0) is 18.1. The van der Waals surface area contributed by atoms with Gasteiger partial charge in [-0.25, -0.2) is 4.99 Å². The van der Waals surface area contributed by atoms with E-state index in [1.807, 2.05) is 55.6 Å². The molecule has 6 heteroatoms. The molecule has 0 amide bonds. The normalized spacial score (nSPS) is 14.0. The summed E-state index contributed by atoms with van der Waals surface area (Å²) in [7, 11) is 0. The van der Waals surface area contributed by atoms with Crippen molar-refractivity contribution in [3.63, 3.8) is 0 Å². The Morgan fingerprint density at radius 3 is 2.68 bits per heavy atom. The van der Waals surface area contributed by atoms with Gasteiger partial charge in [0.2, 0.25) is 0 Å². The quantitative estimate of drug-likeness (QED) is 0.499. The van der Waals surface area contributed by atoms with Crippen molar-refractivity contribution in [1.82, 2.24) is 10.6 Å². The molecule has 3 N–H and O–H groups in total. The summed E-state index contributed by atoms with van der Waals surface area (Å²) in [5, 5.41) is 19.0. The minimum absolute atomic E-state index is 0.381. The van der Waals surface area contributed by atoms with E-state index < -0.39 is 5.60 Å². The maximum absolute atomic E-state index is 10.6. The predicted molar refractivity (Wildman–Crippen MR) is 104 cm³/mol. The monoisotopic (exact) mass is 361 g/mol. The third-order valence-electron chi connectivity index (χ3n) is 3.68. The first-order chi connectivity index (χ1) is 12.1. The molecule has 0 aliphatic rings. The van der Waals surface area contributed by atoms with Crippen LogP contribution in [0.15, 0.2) is 46.8 Å². The van der Waals surface area contributed by atoms with Gasteiger partial charge in [-0.15, -0.1) is 11.3 Å². The van der Waals surface area contributed by atoms with E-state index in [1.165, 1.54) is 0 Å². The van der Waals surface area contributed by atoms with Gasteiger partial charge in [-0.05, 0) is 38.3 Å². The number of hydrogen-bond donors (Lipinski definition) is 3. The Labute approximate surface area is 153 Å². The molecular formula is C19H27N3O2S. The number of hydrogen-bond acceptors (Lipinski definition) is 4. The molecule has 5 nitrogen and oxygen atoms in total. The summed E-state index contributed by atoms with van der Waals surface area (Å²) in [6, 6.07) is 11.8. The number of nitrogens with one attached hydrogen (secondary N) is 2. The van der Waals surface area contributed by atoms with Crippen LogP contribution >= 0.6 is 11.3 Å². The van der Waals surface area contributed by atoms with E-state index >= 15 is 0 Å². The van der Waals surface area contributed by atoms with Crippen molar-refractivity contribution in [2.24, 2.45) is 4.99 Å². The molecule has 1 aromatic carbocycles. The Morgan fingerprint density at radius 1 is 1.20 bits per heavy atom. The molecule has 0 aliphatic heterocycles. The maximum Gasteiger partial charge on any atom is 0.191 e. The number of nitrogens with zero attached hydrogens (tertiary/aromatic N) is 1. The molecule has 0 bridgehead atoms. The van der Waals surface area contributed by atoms with Crippen molar-refractivity contribution in [3.05, 3.63) is 52.2 Å². The molecule has 1 unspecified atom stereocenters. The van der Waals surface area contributed by atoms with Crippen LogP contribution in [0, 0.1) is 0 Å². The summed E-state index contributed by atoms with van der Waals surface area (Å²) < 4.78 is 5.64. The topological polar surface area (TPSA) is 65.9 Å².